The van der Waals surface area contributed by atoms with Crippen molar-refractivity contribution in [2.75, 3.05) is 12.4 Å². The predicted octanol–water partition coefficient (Wildman–Crippen LogP) is 6.29. The summed E-state index contributed by atoms with van der Waals surface area (Å²) in [6.45, 7) is 0. The summed E-state index contributed by atoms with van der Waals surface area (Å²) < 4.78 is 5.37. The number of fused-ring (bicyclic) bond motifs is 1. The lowest BCUT2D eigenvalue weighted by Gasteiger charge is -2.08. The molecule has 0 spiro atoms. The Morgan fingerprint density at radius 3 is 2.52 bits per heavy atom. The van der Waals surface area contributed by atoms with E-state index in [2.05, 4.69) is 53.2 Å². The summed E-state index contributed by atoms with van der Waals surface area (Å²) in [6.07, 6.45) is 0. The van der Waals surface area contributed by atoms with Crippen LogP contribution in [0.2, 0.25) is 0 Å². The maximum absolute atomic E-state index is 5.37. The van der Waals surface area contributed by atoms with E-state index in [0.717, 1.165) is 27.8 Å². The van der Waals surface area contributed by atoms with Crippen LogP contribution >= 0.6 is 28.3 Å². The first-order valence-electron chi connectivity index (χ1n) is 7.68. The first kappa shape index (κ1) is 17.5. The number of nitrogens with one attached hydrogen (secondary N) is 1. The summed E-state index contributed by atoms with van der Waals surface area (Å²) in [7, 11) is 1.67. The van der Waals surface area contributed by atoms with E-state index in [9.17, 15) is 0 Å². The van der Waals surface area contributed by atoms with Gasteiger partial charge < -0.3 is 10.1 Å². The number of aromatic nitrogens is 1. The Labute approximate surface area is 161 Å². The second kappa shape index (κ2) is 7.68. The van der Waals surface area contributed by atoms with Crippen LogP contribution in [0.25, 0.3) is 22.0 Å². The monoisotopic (exact) mass is 412 g/mol. The van der Waals surface area contributed by atoms with Crippen molar-refractivity contribution >= 4 is 49.9 Å². The maximum atomic E-state index is 5.37. The Hall–Kier alpha value is -2.37. The zero-order valence-corrected chi connectivity index (χ0v) is 16.1. The van der Waals surface area contributed by atoms with Crippen molar-refractivity contribution in [3.8, 4) is 17.0 Å². The van der Waals surface area contributed by atoms with E-state index in [0.29, 0.717) is 0 Å². The van der Waals surface area contributed by atoms with E-state index in [1.807, 2.05) is 24.3 Å². The number of para-hydroxylation sites is 2. The van der Waals surface area contributed by atoms with Gasteiger partial charge in [-0.15, -0.1) is 28.3 Å². The van der Waals surface area contributed by atoms with Crippen LogP contribution in [0.5, 0.6) is 5.75 Å². The minimum Gasteiger partial charge on any atom is -0.495 e. The summed E-state index contributed by atoms with van der Waals surface area (Å²) in [4.78, 5) is 4.71. The Bertz CT molecular complexity index is 1000. The third kappa shape index (κ3) is 3.67. The van der Waals surface area contributed by atoms with E-state index in [4.69, 9.17) is 9.72 Å². The Morgan fingerprint density at radius 1 is 0.920 bits per heavy atom. The van der Waals surface area contributed by atoms with Gasteiger partial charge in [0.15, 0.2) is 5.13 Å². The van der Waals surface area contributed by atoms with Crippen molar-refractivity contribution < 1.29 is 4.74 Å². The van der Waals surface area contributed by atoms with Crippen LogP contribution < -0.4 is 10.1 Å². The molecule has 0 atom stereocenters. The van der Waals surface area contributed by atoms with Crippen molar-refractivity contribution in [2.45, 2.75) is 0 Å². The molecule has 0 aliphatic rings. The minimum absolute atomic E-state index is 0. The van der Waals surface area contributed by atoms with Gasteiger partial charge in [0.2, 0.25) is 0 Å². The van der Waals surface area contributed by atoms with Crippen LogP contribution in [0.4, 0.5) is 10.8 Å². The van der Waals surface area contributed by atoms with Gasteiger partial charge in [-0.1, -0.05) is 48.5 Å². The normalized spacial score (nSPS) is 10.3. The molecule has 1 aromatic heterocycles. The summed E-state index contributed by atoms with van der Waals surface area (Å²) in [5.74, 6) is 0.806. The van der Waals surface area contributed by atoms with E-state index < -0.39 is 0 Å². The molecule has 1 N–H and O–H groups in total. The fraction of sp³-hybridized carbons (Fsp3) is 0.0500. The highest BCUT2D eigenvalue weighted by Gasteiger charge is 2.08. The molecule has 0 fully saturated rings. The van der Waals surface area contributed by atoms with Crippen LogP contribution in [-0.2, 0) is 0 Å². The molecule has 0 amide bonds. The second-order valence-electron chi connectivity index (χ2n) is 5.43. The highest BCUT2D eigenvalue weighted by molar-refractivity contribution is 8.93. The molecule has 0 aliphatic carbocycles. The van der Waals surface area contributed by atoms with Gasteiger partial charge in [0, 0.05) is 10.9 Å². The van der Waals surface area contributed by atoms with Gasteiger partial charge in [0.1, 0.15) is 5.75 Å². The van der Waals surface area contributed by atoms with Crippen molar-refractivity contribution in [2.24, 2.45) is 0 Å². The molecule has 0 radical (unpaired) electrons. The SMILES string of the molecule is Br.COc1ccccc1Nc1nc(-c2ccc3ccccc3c2)cs1. The smallest absolute Gasteiger partial charge is 0.187 e. The molecule has 4 aromatic rings. The predicted molar refractivity (Wildman–Crippen MR) is 112 cm³/mol. The van der Waals surface area contributed by atoms with E-state index in [1.165, 1.54) is 10.8 Å². The largest absolute Gasteiger partial charge is 0.495 e. The topological polar surface area (TPSA) is 34.1 Å². The van der Waals surface area contributed by atoms with Crippen molar-refractivity contribution in [1.29, 1.82) is 0 Å². The van der Waals surface area contributed by atoms with Crippen molar-refractivity contribution in [1.82, 2.24) is 4.98 Å². The average Bonchev–Trinajstić information content (AvgIpc) is 3.10. The van der Waals surface area contributed by atoms with Gasteiger partial charge in [-0.05, 0) is 29.0 Å². The number of nitrogens with zero attached hydrogens (tertiary/aromatic N) is 1. The maximum Gasteiger partial charge on any atom is 0.187 e. The molecule has 3 aromatic carbocycles. The molecule has 0 aliphatic heterocycles. The summed E-state index contributed by atoms with van der Waals surface area (Å²) in [5, 5.41) is 8.72. The molecule has 1 heterocycles. The number of ether oxygens (including phenoxy) is 1. The van der Waals surface area contributed by atoms with Crippen LogP contribution in [0.3, 0.4) is 0 Å². The van der Waals surface area contributed by atoms with Crippen LogP contribution in [0, 0.1) is 0 Å². The number of anilines is 2. The highest BCUT2D eigenvalue weighted by atomic mass is 79.9. The van der Waals surface area contributed by atoms with E-state index in [1.54, 1.807) is 18.4 Å². The molecule has 0 saturated carbocycles. The Kier molecular flexibility index (Phi) is 5.36. The number of hydrogen-bond donors (Lipinski definition) is 1. The summed E-state index contributed by atoms with van der Waals surface area (Å²) in [5.41, 5.74) is 3.01. The number of rotatable bonds is 4. The van der Waals surface area contributed by atoms with Gasteiger partial charge >= 0.3 is 0 Å². The lowest BCUT2D eigenvalue weighted by molar-refractivity contribution is 0.417. The molecule has 4 rings (SSSR count). The van der Waals surface area contributed by atoms with Crippen LogP contribution in [0.15, 0.2) is 72.1 Å². The number of halogens is 1. The van der Waals surface area contributed by atoms with Gasteiger partial charge in [-0.25, -0.2) is 4.98 Å². The fourth-order valence-corrected chi connectivity index (χ4v) is 3.41. The molecule has 126 valence electrons. The second-order valence-corrected chi connectivity index (χ2v) is 6.28. The Balaban J connectivity index is 0.00000182. The molecule has 5 heteroatoms. The van der Waals surface area contributed by atoms with E-state index in [-0.39, 0.29) is 17.0 Å². The third-order valence-electron chi connectivity index (χ3n) is 3.90. The number of hydrogen-bond acceptors (Lipinski definition) is 4. The quantitative estimate of drug-likeness (QED) is 0.427. The third-order valence-corrected chi connectivity index (χ3v) is 4.66. The molecular weight excluding hydrogens is 396 g/mol. The standard InChI is InChI=1S/C20H16N2OS.BrH/c1-23-19-9-5-4-8-17(19)21-20-22-18(13-24-20)16-11-10-14-6-2-3-7-15(14)12-16;/h2-13H,1H3,(H,21,22);1H. The van der Waals surface area contributed by atoms with Crippen LogP contribution in [-0.4, -0.2) is 12.1 Å². The van der Waals surface area contributed by atoms with Gasteiger partial charge in [-0.2, -0.15) is 0 Å². The molecule has 25 heavy (non-hydrogen) atoms. The summed E-state index contributed by atoms with van der Waals surface area (Å²) >= 11 is 1.59. The van der Waals surface area contributed by atoms with Crippen molar-refractivity contribution in [3.05, 3.63) is 72.1 Å². The number of methoxy groups -OCH3 is 1. The van der Waals surface area contributed by atoms with Crippen LogP contribution in [0.1, 0.15) is 0 Å². The first-order chi connectivity index (χ1) is 11.8. The molecular formula is C20H17BrN2OS. The van der Waals surface area contributed by atoms with Gasteiger partial charge in [0.25, 0.3) is 0 Å². The minimum atomic E-state index is 0. The highest BCUT2D eigenvalue weighted by Crippen LogP contribution is 2.32. The average molecular weight is 413 g/mol. The molecule has 0 bridgehead atoms. The number of thiazole rings is 1. The van der Waals surface area contributed by atoms with E-state index >= 15 is 0 Å². The Morgan fingerprint density at radius 2 is 1.68 bits per heavy atom. The zero-order chi connectivity index (χ0) is 16.4. The lowest BCUT2D eigenvalue weighted by Crippen LogP contribution is -1.93. The molecule has 0 saturated heterocycles. The first-order valence-corrected chi connectivity index (χ1v) is 8.56. The molecule has 0 unspecified atom stereocenters. The van der Waals surface area contributed by atoms with Gasteiger partial charge in [-0.3, -0.25) is 0 Å². The van der Waals surface area contributed by atoms with Crippen molar-refractivity contribution in [3.63, 3.8) is 0 Å². The lowest BCUT2D eigenvalue weighted by atomic mass is 10.1. The fourth-order valence-electron chi connectivity index (χ4n) is 2.68. The number of benzene rings is 3. The zero-order valence-electron chi connectivity index (χ0n) is 13.6. The summed E-state index contributed by atoms with van der Waals surface area (Å²) in [6, 6.07) is 22.6. The van der Waals surface area contributed by atoms with Gasteiger partial charge in [0.05, 0.1) is 18.5 Å². The molecule has 3 nitrogen and oxygen atoms in total.